The van der Waals surface area contributed by atoms with Gasteiger partial charge in [0.1, 0.15) is 0 Å². The first-order valence-electron chi connectivity index (χ1n) is 7.34. The van der Waals surface area contributed by atoms with E-state index in [-0.39, 0.29) is 18.0 Å². The van der Waals surface area contributed by atoms with E-state index in [1.54, 1.807) is 0 Å². The molecule has 2 heterocycles. The fourth-order valence-electron chi connectivity index (χ4n) is 3.36. The number of amides is 2. The maximum atomic E-state index is 12.6. The van der Waals surface area contributed by atoms with Crippen LogP contribution in [-0.2, 0) is 4.79 Å². The number of carbonyl (C=O) groups excluding carboxylic acids is 1. The summed E-state index contributed by atoms with van der Waals surface area (Å²) in [6.07, 6.45) is 4.35. The van der Waals surface area contributed by atoms with E-state index < -0.39 is 5.97 Å². The van der Waals surface area contributed by atoms with Crippen molar-refractivity contribution in [1.29, 1.82) is 0 Å². The minimum atomic E-state index is -0.730. The van der Waals surface area contributed by atoms with Gasteiger partial charge < -0.3 is 14.9 Å². The predicted molar refractivity (Wildman–Crippen MR) is 71.9 cm³/mol. The van der Waals surface area contributed by atoms with Crippen molar-refractivity contribution in [3.8, 4) is 0 Å². The zero-order valence-corrected chi connectivity index (χ0v) is 11.8. The lowest BCUT2D eigenvalue weighted by molar-refractivity contribution is -0.143. The first-order valence-corrected chi connectivity index (χ1v) is 7.34. The molecule has 2 aliphatic rings. The molecule has 2 rings (SSSR count). The van der Waals surface area contributed by atoms with Crippen molar-refractivity contribution in [2.75, 3.05) is 13.1 Å². The van der Waals surface area contributed by atoms with Gasteiger partial charge in [0.05, 0.1) is 5.92 Å². The summed E-state index contributed by atoms with van der Waals surface area (Å²) in [5.74, 6) is -1.02. The highest BCUT2D eigenvalue weighted by Gasteiger charge is 2.37. The Hall–Kier alpha value is -1.26. The maximum Gasteiger partial charge on any atom is 0.320 e. The number of carboxylic acids is 1. The minimum Gasteiger partial charge on any atom is -0.481 e. The largest absolute Gasteiger partial charge is 0.481 e. The number of hydrogen-bond acceptors (Lipinski definition) is 2. The second kappa shape index (κ2) is 5.80. The van der Waals surface area contributed by atoms with Gasteiger partial charge >= 0.3 is 12.0 Å². The van der Waals surface area contributed by atoms with Crippen LogP contribution >= 0.6 is 0 Å². The zero-order valence-electron chi connectivity index (χ0n) is 11.8. The van der Waals surface area contributed by atoms with Gasteiger partial charge in [0, 0.05) is 25.2 Å². The number of aliphatic carboxylic acids is 1. The van der Waals surface area contributed by atoms with Crippen molar-refractivity contribution < 1.29 is 14.7 Å². The number of carboxylic acid groups (broad SMARTS) is 1. The average molecular weight is 268 g/mol. The van der Waals surface area contributed by atoms with Gasteiger partial charge in [-0.25, -0.2) is 4.79 Å². The molecule has 3 atom stereocenters. The van der Waals surface area contributed by atoms with Gasteiger partial charge in [0.15, 0.2) is 0 Å². The van der Waals surface area contributed by atoms with Gasteiger partial charge in [-0.3, -0.25) is 4.79 Å². The Morgan fingerprint density at radius 3 is 2.53 bits per heavy atom. The molecule has 1 N–H and O–H groups in total. The molecule has 0 aromatic heterocycles. The molecule has 2 saturated heterocycles. The van der Waals surface area contributed by atoms with Crippen molar-refractivity contribution in [2.24, 2.45) is 5.92 Å². The highest BCUT2D eigenvalue weighted by molar-refractivity contribution is 5.76. The number of piperidine rings is 1. The number of carbonyl (C=O) groups is 2. The van der Waals surface area contributed by atoms with Crippen LogP contribution in [0.4, 0.5) is 4.79 Å². The Kier molecular flexibility index (Phi) is 4.32. The predicted octanol–water partition coefficient (Wildman–Crippen LogP) is 2.17. The van der Waals surface area contributed by atoms with E-state index in [9.17, 15) is 9.59 Å². The zero-order chi connectivity index (χ0) is 14.0. The number of likely N-dealkylation sites (tertiary alicyclic amines) is 2. The second-order valence-corrected chi connectivity index (χ2v) is 5.78. The van der Waals surface area contributed by atoms with Crippen molar-refractivity contribution in [3.05, 3.63) is 0 Å². The Balaban J connectivity index is 1.98. The van der Waals surface area contributed by atoms with Crippen LogP contribution in [0.25, 0.3) is 0 Å². The number of urea groups is 1. The topological polar surface area (TPSA) is 60.9 Å². The number of rotatable bonds is 2. The summed E-state index contributed by atoms with van der Waals surface area (Å²) < 4.78 is 0. The summed E-state index contributed by atoms with van der Waals surface area (Å²) in [6, 6.07) is 0.512. The third-order valence-electron chi connectivity index (χ3n) is 4.57. The lowest BCUT2D eigenvalue weighted by atomic mass is 9.92. The van der Waals surface area contributed by atoms with Gasteiger partial charge in [-0.2, -0.15) is 0 Å². The summed E-state index contributed by atoms with van der Waals surface area (Å²) in [4.78, 5) is 27.4. The molecule has 19 heavy (non-hydrogen) atoms. The monoisotopic (exact) mass is 268 g/mol. The summed E-state index contributed by atoms with van der Waals surface area (Å²) in [6.45, 7) is 5.51. The quantitative estimate of drug-likeness (QED) is 0.835. The molecular formula is C14H24N2O3. The molecule has 0 saturated carbocycles. The van der Waals surface area contributed by atoms with E-state index in [2.05, 4.69) is 6.92 Å². The molecule has 2 amide bonds. The molecule has 0 aromatic carbocycles. The molecular weight excluding hydrogens is 244 g/mol. The normalized spacial score (nSPS) is 31.6. The van der Waals surface area contributed by atoms with E-state index in [1.807, 2.05) is 16.7 Å². The molecule has 2 fully saturated rings. The van der Waals surface area contributed by atoms with Gasteiger partial charge in [0.25, 0.3) is 0 Å². The SMILES string of the molecule is CCC1CCCN1C(=O)N1CCC(C(=O)O)CC1C. The van der Waals surface area contributed by atoms with Crippen molar-refractivity contribution >= 4 is 12.0 Å². The first kappa shape index (κ1) is 14.2. The first-order chi connectivity index (χ1) is 9.04. The molecule has 5 heteroatoms. The Labute approximate surface area is 114 Å². The molecule has 0 radical (unpaired) electrons. The van der Waals surface area contributed by atoms with Crippen LogP contribution in [0.2, 0.25) is 0 Å². The highest BCUT2D eigenvalue weighted by atomic mass is 16.4. The summed E-state index contributed by atoms with van der Waals surface area (Å²) >= 11 is 0. The second-order valence-electron chi connectivity index (χ2n) is 5.78. The minimum absolute atomic E-state index is 0.0282. The van der Waals surface area contributed by atoms with Gasteiger partial charge in [-0.1, -0.05) is 6.92 Å². The average Bonchev–Trinajstić information content (AvgIpc) is 2.85. The smallest absolute Gasteiger partial charge is 0.320 e. The van der Waals surface area contributed by atoms with Crippen LogP contribution in [0.3, 0.4) is 0 Å². The fourth-order valence-corrected chi connectivity index (χ4v) is 3.36. The number of hydrogen-bond donors (Lipinski definition) is 1. The standard InChI is InChI=1S/C14H24N2O3/c1-3-12-5-4-7-16(12)14(19)15-8-6-11(13(17)18)9-10(15)2/h10-12H,3-9H2,1-2H3,(H,17,18). The lowest BCUT2D eigenvalue weighted by Gasteiger charge is -2.39. The summed E-state index contributed by atoms with van der Waals surface area (Å²) in [5, 5.41) is 9.06. The lowest BCUT2D eigenvalue weighted by Crippen LogP contribution is -2.52. The van der Waals surface area contributed by atoms with Gasteiger partial charge in [-0.15, -0.1) is 0 Å². The van der Waals surface area contributed by atoms with E-state index in [1.165, 1.54) is 0 Å². The Bertz CT molecular complexity index is 359. The molecule has 0 aromatic rings. The van der Waals surface area contributed by atoms with Crippen LogP contribution in [0.15, 0.2) is 0 Å². The Morgan fingerprint density at radius 1 is 1.21 bits per heavy atom. The summed E-state index contributed by atoms with van der Waals surface area (Å²) in [5.41, 5.74) is 0. The van der Waals surface area contributed by atoms with Crippen molar-refractivity contribution in [3.63, 3.8) is 0 Å². The van der Waals surface area contributed by atoms with E-state index in [0.29, 0.717) is 25.4 Å². The van der Waals surface area contributed by atoms with E-state index in [0.717, 1.165) is 25.8 Å². The molecule has 3 unspecified atom stereocenters. The number of nitrogens with zero attached hydrogens (tertiary/aromatic N) is 2. The van der Waals surface area contributed by atoms with Gasteiger partial charge in [0.2, 0.25) is 0 Å². The van der Waals surface area contributed by atoms with E-state index >= 15 is 0 Å². The molecule has 0 bridgehead atoms. The third kappa shape index (κ3) is 2.85. The fraction of sp³-hybridized carbons (Fsp3) is 0.857. The summed E-state index contributed by atoms with van der Waals surface area (Å²) in [7, 11) is 0. The van der Waals surface area contributed by atoms with Crippen molar-refractivity contribution in [2.45, 2.75) is 58.0 Å². The highest BCUT2D eigenvalue weighted by Crippen LogP contribution is 2.27. The maximum absolute atomic E-state index is 12.6. The molecule has 108 valence electrons. The van der Waals surface area contributed by atoms with Crippen molar-refractivity contribution in [1.82, 2.24) is 9.80 Å². The Morgan fingerprint density at radius 2 is 1.95 bits per heavy atom. The molecule has 2 aliphatic heterocycles. The third-order valence-corrected chi connectivity index (χ3v) is 4.57. The molecule has 0 aliphatic carbocycles. The molecule has 0 spiro atoms. The van der Waals surface area contributed by atoms with Crippen LogP contribution in [-0.4, -0.2) is 52.1 Å². The molecule has 5 nitrogen and oxygen atoms in total. The van der Waals surface area contributed by atoms with Crippen LogP contribution in [0.5, 0.6) is 0 Å². The van der Waals surface area contributed by atoms with Crippen LogP contribution in [0.1, 0.15) is 46.0 Å². The van der Waals surface area contributed by atoms with Crippen LogP contribution in [0, 0.1) is 5.92 Å². The van der Waals surface area contributed by atoms with Gasteiger partial charge in [-0.05, 0) is 39.0 Å². The van der Waals surface area contributed by atoms with Crippen LogP contribution < -0.4 is 0 Å². The van der Waals surface area contributed by atoms with E-state index in [4.69, 9.17) is 5.11 Å².